The molecule has 0 bridgehead atoms. The fourth-order valence-electron chi connectivity index (χ4n) is 2.14. The first-order valence-corrected chi connectivity index (χ1v) is 7.83. The largest absolute Gasteiger partial charge is 0.495 e. The highest BCUT2D eigenvalue weighted by Gasteiger charge is 2.12. The van der Waals surface area contributed by atoms with Crippen molar-refractivity contribution in [2.24, 2.45) is 0 Å². The highest BCUT2D eigenvalue weighted by atomic mass is 35.5. The van der Waals surface area contributed by atoms with Gasteiger partial charge in [0.25, 0.3) is 5.91 Å². The van der Waals surface area contributed by atoms with Crippen LogP contribution in [0.3, 0.4) is 0 Å². The minimum Gasteiger partial charge on any atom is -0.495 e. The second-order valence-corrected chi connectivity index (χ2v) is 5.49. The average Bonchev–Trinajstić information content (AvgIpc) is 2.64. The van der Waals surface area contributed by atoms with Gasteiger partial charge in [-0.15, -0.1) is 0 Å². The minimum absolute atomic E-state index is 0.234. The number of carbonyl (C=O) groups excluding carboxylic acids is 1. The second-order valence-electron chi connectivity index (χ2n) is 5.05. The Kier molecular flexibility index (Phi) is 5.11. The monoisotopic (exact) mass is 354 g/mol. The maximum absolute atomic E-state index is 12.4. The Morgan fingerprint density at radius 1 is 1.08 bits per heavy atom. The van der Waals surface area contributed by atoms with Crippen molar-refractivity contribution in [1.29, 1.82) is 0 Å². The Labute approximate surface area is 149 Å². The number of benzene rings is 2. The smallest absolute Gasteiger partial charge is 0.274 e. The summed E-state index contributed by atoms with van der Waals surface area (Å²) in [6.45, 7) is 0. The van der Waals surface area contributed by atoms with Crippen LogP contribution in [0.1, 0.15) is 10.5 Å². The predicted molar refractivity (Wildman–Crippen MR) is 97.7 cm³/mol. The molecule has 3 aromatic rings. The lowest BCUT2D eigenvalue weighted by atomic mass is 10.2. The van der Waals surface area contributed by atoms with E-state index in [2.05, 4.69) is 20.6 Å². The van der Waals surface area contributed by atoms with Gasteiger partial charge in [0.05, 0.1) is 12.8 Å². The molecule has 0 spiro atoms. The van der Waals surface area contributed by atoms with Crippen LogP contribution in [0.25, 0.3) is 0 Å². The third-order valence-corrected chi connectivity index (χ3v) is 3.60. The Hall–Kier alpha value is -3.12. The molecule has 6 nitrogen and oxygen atoms in total. The molecular formula is C18H15ClN4O2. The normalized spacial score (nSPS) is 10.2. The molecule has 2 N–H and O–H groups in total. The third-order valence-electron chi connectivity index (χ3n) is 3.34. The molecule has 25 heavy (non-hydrogen) atoms. The first kappa shape index (κ1) is 16.7. The zero-order chi connectivity index (χ0) is 17.6. The summed E-state index contributed by atoms with van der Waals surface area (Å²) >= 11 is 5.86. The van der Waals surface area contributed by atoms with Gasteiger partial charge in [-0.1, -0.05) is 23.7 Å². The van der Waals surface area contributed by atoms with Gasteiger partial charge in [-0.2, -0.15) is 0 Å². The van der Waals surface area contributed by atoms with Crippen LogP contribution >= 0.6 is 11.6 Å². The summed E-state index contributed by atoms with van der Waals surface area (Å²) in [5.74, 6) is 0.533. The third kappa shape index (κ3) is 4.24. The van der Waals surface area contributed by atoms with E-state index in [1.807, 2.05) is 12.1 Å². The second kappa shape index (κ2) is 7.63. The van der Waals surface area contributed by atoms with E-state index in [-0.39, 0.29) is 11.6 Å². The van der Waals surface area contributed by atoms with Crippen LogP contribution in [-0.4, -0.2) is 23.0 Å². The molecule has 3 rings (SSSR count). The van der Waals surface area contributed by atoms with Crippen LogP contribution in [0.15, 0.2) is 60.8 Å². The molecule has 126 valence electrons. The summed E-state index contributed by atoms with van der Waals surface area (Å²) in [6.07, 6.45) is 1.52. The van der Waals surface area contributed by atoms with Crippen LogP contribution in [-0.2, 0) is 0 Å². The van der Waals surface area contributed by atoms with Gasteiger partial charge in [-0.05, 0) is 42.5 Å². The quantitative estimate of drug-likeness (QED) is 0.720. The molecule has 2 aromatic carbocycles. The van der Waals surface area contributed by atoms with E-state index in [0.717, 1.165) is 5.69 Å². The van der Waals surface area contributed by atoms with Crippen LogP contribution in [0.5, 0.6) is 5.75 Å². The number of aromatic nitrogens is 2. The van der Waals surface area contributed by atoms with Crippen molar-refractivity contribution in [3.8, 4) is 5.75 Å². The zero-order valence-corrected chi connectivity index (χ0v) is 14.1. The fraction of sp³-hybridized carbons (Fsp3) is 0.0556. The number of rotatable bonds is 5. The summed E-state index contributed by atoms with van der Waals surface area (Å²) < 4.78 is 5.22. The topological polar surface area (TPSA) is 76.1 Å². The molecule has 0 atom stereocenters. The molecule has 0 saturated carbocycles. The molecule has 0 unspecified atom stereocenters. The zero-order valence-electron chi connectivity index (χ0n) is 13.4. The first-order valence-electron chi connectivity index (χ1n) is 7.46. The van der Waals surface area contributed by atoms with Crippen LogP contribution < -0.4 is 15.4 Å². The van der Waals surface area contributed by atoms with Crippen molar-refractivity contribution in [2.45, 2.75) is 0 Å². The van der Waals surface area contributed by atoms with Gasteiger partial charge in [-0.25, -0.2) is 9.97 Å². The molecule has 0 saturated heterocycles. The maximum atomic E-state index is 12.4. The van der Waals surface area contributed by atoms with Crippen LogP contribution in [0.2, 0.25) is 5.02 Å². The minimum atomic E-state index is -0.356. The van der Waals surface area contributed by atoms with Gasteiger partial charge in [0.15, 0.2) is 0 Å². The number of para-hydroxylation sites is 2. The number of ether oxygens (including phenoxy) is 1. The van der Waals surface area contributed by atoms with Crippen LogP contribution in [0, 0.1) is 0 Å². The lowest BCUT2D eigenvalue weighted by molar-refractivity contribution is 0.102. The average molecular weight is 355 g/mol. The van der Waals surface area contributed by atoms with Crippen LogP contribution in [0.4, 0.5) is 17.3 Å². The number of hydrogen-bond donors (Lipinski definition) is 2. The van der Waals surface area contributed by atoms with E-state index in [1.165, 1.54) is 12.3 Å². The molecular weight excluding hydrogens is 340 g/mol. The van der Waals surface area contributed by atoms with Gasteiger partial charge in [0.1, 0.15) is 11.4 Å². The number of amides is 1. The molecule has 7 heteroatoms. The molecule has 1 amide bonds. The van der Waals surface area contributed by atoms with Crippen molar-refractivity contribution in [3.05, 3.63) is 71.5 Å². The fourth-order valence-corrected chi connectivity index (χ4v) is 2.27. The summed E-state index contributed by atoms with van der Waals surface area (Å²) in [5.41, 5.74) is 1.57. The van der Waals surface area contributed by atoms with E-state index in [0.29, 0.717) is 22.4 Å². The van der Waals surface area contributed by atoms with Gasteiger partial charge in [0, 0.05) is 16.9 Å². The van der Waals surface area contributed by atoms with Crippen molar-refractivity contribution < 1.29 is 9.53 Å². The Bertz CT molecular complexity index is 884. The van der Waals surface area contributed by atoms with E-state index in [9.17, 15) is 4.79 Å². The first-order chi connectivity index (χ1) is 12.2. The van der Waals surface area contributed by atoms with E-state index < -0.39 is 0 Å². The number of anilines is 3. The molecule has 0 aliphatic heterocycles. The predicted octanol–water partition coefficient (Wildman–Crippen LogP) is 4.13. The number of halogens is 1. The van der Waals surface area contributed by atoms with Gasteiger partial charge in [0.2, 0.25) is 5.95 Å². The van der Waals surface area contributed by atoms with E-state index in [1.54, 1.807) is 43.5 Å². The van der Waals surface area contributed by atoms with Crippen molar-refractivity contribution in [3.63, 3.8) is 0 Å². The van der Waals surface area contributed by atoms with Crippen molar-refractivity contribution in [2.75, 3.05) is 17.7 Å². The van der Waals surface area contributed by atoms with Crippen molar-refractivity contribution in [1.82, 2.24) is 9.97 Å². The number of nitrogens with one attached hydrogen (secondary N) is 2. The number of nitrogens with zero attached hydrogens (tertiary/aromatic N) is 2. The molecule has 0 aliphatic rings. The number of methoxy groups -OCH3 is 1. The molecule has 0 radical (unpaired) electrons. The Morgan fingerprint density at radius 3 is 2.60 bits per heavy atom. The SMILES string of the molecule is COc1ccccc1NC(=O)c1ccnc(Nc2ccc(Cl)cc2)n1. The Morgan fingerprint density at radius 2 is 1.84 bits per heavy atom. The van der Waals surface area contributed by atoms with E-state index >= 15 is 0 Å². The van der Waals surface area contributed by atoms with Gasteiger partial charge < -0.3 is 15.4 Å². The van der Waals surface area contributed by atoms with Gasteiger partial charge >= 0.3 is 0 Å². The molecule has 1 aromatic heterocycles. The maximum Gasteiger partial charge on any atom is 0.274 e. The highest BCUT2D eigenvalue weighted by molar-refractivity contribution is 6.30. The number of hydrogen-bond acceptors (Lipinski definition) is 5. The molecule has 0 aliphatic carbocycles. The highest BCUT2D eigenvalue weighted by Crippen LogP contribution is 2.23. The standard InChI is InChI=1S/C18H15ClN4O2/c1-25-16-5-3-2-4-14(16)22-17(24)15-10-11-20-18(23-15)21-13-8-6-12(19)7-9-13/h2-11H,1H3,(H,22,24)(H,20,21,23). The summed E-state index contributed by atoms with van der Waals surface area (Å²) in [5, 5.41) is 6.44. The number of carbonyl (C=O) groups is 1. The Balaban J connectivity index is 1.76. The summed E-state index contributed by atoms with van der Waals surface area (Å²) in [4.78, 5) is 20.8. The summed E-state index contributed by atoms with van der Waals surface area (Å²) in [6, 6.07) is 15.8. The summed E-state index contributed by atoms with van der Waals surface area (Å²) in [7, 11) is 1.55. The molecule has 1 heterocycles. The lowest BCUT2D eigenvalue weighted by Gasteiger charge is -2.10. The van der Waals surface area contributed by atoms with Gasteiger partial charge in [-0.3, -0.25) is 4.79 Å². The van der Waals surface area contributed by atoms with Crippen molar-refractivity contribution >= 4 is 34.8 Å². The van der Waals surface area contributed by atoms with E-state index in [4.69, 9.17) is 16.3 Å². The molecule has 0 fully saturated rings. The lowest BCUT2D eigenvalue weighted by Crippen LogP contribution is -2.15.